The summed E-state index contributed by atoms with van der Waals surface area (Å²) in [6.45, 7) is 12.7. The molecule has 0 bridgehead atoms. The van der Waals surface area contributed by atoms with E-state index in [1.165, 1.54) is 31.9 Å². The Balaban J connectivity index is 0.000000892. The molecule has 4 nitrogen and oxygen atoms in total. The molecule has 0 aromatic heterocycles. The van der Waals surface area contributed by atoms with Crippen molar-refractivity contribution in [3.63, 3.8) is 0 Å². The van der Waals surface area contributed by atoms with Gasteiger partial charge in [0.1, 0.15) is 5.82 Å². The SMILES string of the molecule is C=C(/N=C1/CC(C)CC/C1=C/C)Nc1cccc(CC(=O)OC)c1.CCCC. The lowest BCUT2D eigenvalue weighted by Gasteiger charge is -2.23. The number of ether oxygens (including phenoxy) is 1. The highest BCUT2D eigenvalue weighted by atomic mass is 16.5. The van der Waals surface area contributed by atoms with Gasteiger partial charge in [0, 0.05) is 11.4 Å². The summed E-state index contributed by atoms with van der Waals surface area (Å²) >= 11 is 0. The molecule has 0 saturated heterocycles. The second-order valence-electron chi connectivity index (χ2n) is 7.25. The van der Waals surface area contributed by atoms with Crippen molar-refractivity contribution in [3.8, 4) is 0 Å². The molecule has 0 heterocycles. The van der Waals surface area contributed by atoms with Crippen molar-refractivity contribution in [1.82, 2.24) is 0 Å². The van der Waals surface area contributed by atoms with Gasteiger partial charge in [-0.05, 0) is 55.4 Å². The van der Waals surface area contributed by atoms with E-state index in [4.69, 9.17) is 9.73 Å². The first-order valence-corrected chi connectivity index (χ1v) is 10.3. The molecule has 1 fully saturated rings. The first-order chi connectivity index (χ1) is 13.4. The minimum absolute atomic E-state index is 0.250. The van der Waals surface area contributed by atoms with E-state index in [1.54, 1.807) is 0 Å². The number of nitrogens with zero attached hydrogens (tertiary/aromatic N) is 1. The molecule has 1 aromatic carbocycles. The fourth-order valence-electron chi connectivity index (χ4n) is 2.89. The fourth-order valence-corrected chi connectivity index (χ4v) is 2.89. The van der Waals surface area contributed by atoms with E-state index in [2.05, 4.69) is 45.7 Å². The number of esters is 1. The maximum absolute atomic E-state index is 11.4. The highest BCUT2D eigenvalue weighted by molar-refractivity contribution is 6.01. The quantitative estimate of drug-likeness (QED) is 0.586. The van der Waals surface area contributed by atoms with E-state index in [9.17, 15) is 4.79 Å². The van der Waals surface area contributed by atoms with Crippen LogP contribution in [-0.4, -0.2) is 18.8 Å². The van der Waals surface area contributed by atoms with E-state index in [1.807, 2.05) is 24.3 Å². The summed E-state index contributed by atoms with van der Waals surface area (Å²) in [6.07, 6.45) is 8.33. The van der Waals surface area contributed by atoms with Crippen LogP contribution in [0, 0.1) is 5.92 Å². The number of rotatable bonds is 6. The number of carbonyl (C=O) groups excluding carboxylic acids is 1. The first kappa shape index (κ1) is 23.7. The Hall–Kier alpha value is -2.36. The van der Waals surface area contributed by atoms with Crippen LogP contribution in [0.5, 0.6) is 0 Å². The lowest BCUT2D eigenvalue weighted by Crippen LogP contribution is -2.16. The topological polar surface area (TPSA) is 50.7 Å². The molecule has 0 radical (unpaired) electrons. The summed E-state index contributed by atoms with van der Waals surface area (Å²) in [5, 5.41) is 3.22. The van der Waals surface area contributed by atoms with E-state index in [-0.39, 0.29) is 12.4 Å². The average molecular weight is 385 g/mol. The highest BCUT2D eigenvalue weighted by Gasteiger charge is 2.18. The van der Waals surface area contributed by atoms with Crippen LogP contribution in [0.25, 0.3) is 0 Å². The Morgan fingerprint density at radius 3 is 2.68 bits per heavy atom. The van der Waals surface area contributed by atoms with Crippen molar-refractivity contribution in [2.45, 2.75) is 66.2 Å². The van der Waals surface area contributed by atoms with Crippen LogP contribution in [-0.2, 0) is 16.0 Å². The summed E-state index contributed by atoms with van der Waals surface area (Å²) in [6, 6.07) is 7.66. The van der Waals surface area contributed by atoms with Crippen LogP contribution in [0.1, 0.15) is 65.4 Å². The number of unbranched alkanes of at least 4 members (excludes halogenated alkanes) is 1. The second-order valence-corrected chi connectivity index (χ2v) is 7.25. The van der Waals surface area contributed by atoms with Crippen LogP contribution in [0.2, 0.25) is 0 Å². The highest BCUT2D eigenvalue weighted by Crippen LogP contribution is 2.27. The van der Waals surface area contributed by atoms with Gasteiger partial charge in [-0.2, -0.15) is 0 Å². The van der Waals surface area contributed by atoms with Crippen LogP contribution >= 0.6 is 0 Å². The summed E-state index contributed by atoms with van der Waals surface area (Å²) in [5.74, 6) is 1.03. The van der Waals surface area contributed by atoms with Gasteiger partial charge in [0.05, 0.1) is 13.5 Å². The molecule has 0 spiro atoms. The molecule has 28 heavy (non-hydrogen) atoms. The van der Waals surface area contributed by atoms with Gasteiger partial charge in [0.25, 0.3) is 0 Å². The number of carbonyl (C=O) groups is 1. The average Bonchev–Trinajstić information content (AvgIpc) is 2.68. The van der Waals surface area contributed by atoms with Crippen molar-refractivity contribution in [2.75, 3.05) is 12.4 Å². The summed E-state index contributed by atoms with van der Waals surface area (Å²) in [4.78, 5) is 16.1. The Morgan fingerprint density at radius 2 is 2.07 bits per heavy atom. The number of allylic oxidation sites excluding steroid dienone is 2. The van der Waals surface area contributed by atoms with Gasteiger partial charge in [0.2, 0.25) is 0 Å². The number of benzene rings is 1. The summed E-state index contributed by atoms with van der Waals surface area (Å²) in [7, 11) is 1.40. The number of anilines is 1. The van der Waals surface area contributed by atoms with Crippen LogP contribution < -0.4 is 5.32 Å². The molecule has 1 unspecified atom stereocenters. The third-order valence-corrected chi connectivity index (χ3v) is 4.73. The van der Waals surface area contributed by atoms with Crippen LogP contribution in [0.4, 0.5) is 5.69 Å². The Kier molecular flexibility index (Phi) is 10.9. The largest absolute Gasteiger partial charge is 0.469 e. The lowest BCUT2D eigenvalue weighted by molar-refractivity contribution is -0.139. The van der Waals surface area contributed by atoms with Crippen LogP contribution in [0.15, 0.2) is 53.3 Å². The van der Waals surface area contributed by atoms with Gasteiger partial charge < -0.3 is 10.1 Å². The fraction of sp³-hybridized carbons (Fsp3) is 0.500. The normalized spacial score (nSPS) is 19.0. The Labute approximate surface area is 170 Å². The molecule has 0 aliphatic heterocycles. The zero-order chi connectivity index (χ0) is 20.9. The number of hydrogen-bond donors (Lipinski definition) is 1. The molecule has 154 valence electrons. The number of aliphatic imine (C=N–C) groups is 1. The predicted molar refractivity (Wildman–Crippen MR) is 120 cm³/mol. The van der Waals surface area contributed by atoms with Gasteiger partial charge in [-0.1, -0.05) is 58.4 Å². The predicted octanol–water partition coefficient (Wildman–Crippen LogP) is 6.30. The molecular weight excluding hydrogens is 348 g/mol. The minimum atomic E-state index is -0.250. The molecule has 1 aromatic rings. The molecule has 4 heteroatoms. The molecule has 1 atom stereocenters. The smallest absolute Gasteiger partial charge is 0.309 e. The minimum Gasteiger partial charge on any atom is -0.469 e. The Morgan fingerprint density at radius 1 is 1.36 bits per heavy atom. The van der Waals surface area contributed by atoms with Crippen molar-refractivity contribution in [2.24, 2.45) is 10.9 Å². The monoisotopic (exact) mass is 384 g/mol. The first-order valence-electron chi connectivity index (χ1n) is 10.3. The Bertz CT molecular complexity index is 702. The maximum Gasteiger partial charge on any atom is 0.309 e. The van der Waals surface area contributed by atoms with Crippen LogP contribution in [0.3, 0.4) is 0 Å². The van der Waals surface area contributed by atoms with Gasteiger partial charge in [-0.25, -0.2) is 4.99 Å². The number of hydrogen-bond acceptors (Lipinski definition) is 4. The van der Waals surface area contributed by atoms with E-state index >= 15 is 0 Å². The zero-order valence-corrected chi connectivity index (χ0v) is 18.2. The molecule has 1 N–H and O–H groups in total. The number of methoxy groups -OCH3 is 1. The summed E-state index contributed by atoms with van der Waals surface area (Å²) in [5.41, 5.74) is 4.21. The second kappa shape index (κ2) is 12.9. The van der Waals surface area contributed by atoms with Crippen molar-refractivity contribution < 1.29 is 9.53 Å². The molecule has 1 aliphatic rings. The molecular formula is C24H36N2O2. The van der Waals surface area contributed by atoms with Gasteiger partial charge >= 0.3 is 5.97 Å². The zero-order valence-electron chi connectivity index (χ0n) is 18.2. The molecule has 1 aliphatic carbocycles. The third kappa shape index (κ3) is 8.55. The van der Waals surface area contributed by atoms with Gasteiger partial charge in [-0.15, -0.1) is 0 Å². The standard InChI is InChI=1S/C20H26N2O2.C4H10/c1-5-17-10-9-14(2)11-19(17)22-15(3)21-18-8-6-7-16(12-18)13-20(23)24-4;1-3-4-2/h5-8,12,14,21H,3,9-11,13H2,1-2,4H3;3-4H2,1-2H3/b17-5-,22-19-;. The number of nitrogens with one attached hydrogen (secondary N) is 1. The maximum atomic E-state index is 11.4. The summed E-state index contributed by atoms with van der Waals surface area (Å²) < 4.78 is 4.70. The van der Waals surface area contributed by atoms with E-state index < -0.39 is 0 Å². The molecule has 2 rings (SSSR count). The van der Waals surface area contributed by atoms with Gasteiger partial charge in [0.15, 0.2) is 0 Å². The molecule has 0 amide bonds. The van der Waals surface area contributed by atoms with E-state index in [0.717, 1.165) is 29.8 Å². The van der Waals surface area contributed by atoms with Gasteiger partial charge in [-0.3, -0.25) is 4.79 Å². The third-order valence-electron chi connectivity index (χ3n) is 4.73. The van der Waals surface area contributed by atoms with E-state index in [0.29, 0.717) is 11.7 Å². The van der Waals surface area contributed by atoms with Crippen molar-refractivity contribution in [1.29, 1.82) is 0 Å². The van der Waals surface area contributed by atoms with Crippen molar-refractivity contribution >= 4 is 17.4 Å². The van der Waals surface area contributed by atoms with Crippen molar-refractivity contribution in [3.05, 3.63) is 53.9 Å². The molecule has 1 saturated carbocycles. The lowest BCUT2D eigenvalue weighted by atomic mass is 9.85.